The van der Waals surface area contributed by atoms with Gasteiger partial charge in [0.2, 0.25) is 0 Å². The van der Waals surface area contributed by atoms with E-state index in [2.05, 4.69) is 19.9 Å². The third-order valence-corrected chi connectivity index (χ3v) is 2.86. The molecule has 1 heteroatoms. The first kappa shape index (κ1) is 9.79. The minimum Gasteiger partial charge on any atom is -0.386 e. The minimum absolute atomic E-state index is 0.426. The summed E-state index contributed by atoms with van der Waals surface area (Å²) in [5, 5.41) is 10.2. The lowest BCUT2D eigenvalue weighted by atomic mass is 9.89. The van der Waals surface area contributed by atoms with Gasteiger partial charge in [-0.15, -0.1) is 0 Å². The van der Waals surface area contributed by atoms with Crippen LogP contribution < -0.4 is 0 Å². The van der Waals surface area contributed by atoms with Crippen molar-refractivity contribution in [3.8, 4) is 0 Å². The maximum absolute atomic E-state index is 10.2. The highest BCUT2D eigenvalue weighted by Crippen LogP contribution is 2.37. The van der Waals surface area contributed by atoms with Crippen LogP contribution in [0.1, 0.15) is 52.4 Å². The van der Waals surface area contributed by atoms with Crippen LogP contribution in [0.2, 0.25) is 0 Å². The summed E-state index contributed by atoms with van der Waals surface area (Å²) < 4.78 is 0. The van der Waals surface area contributed by atoms with E-state index >= 15 is 0 Å². The predicted molar refractivity (Wildman–Crippen MR) is 52.1 cm³/mol. The van der Waals surface area contributed by atoms with E-state index in [0.717, 1.165) is 25.7 Å². The van der Waals surface area contributed by atoms with Crippen LogP contribution in [-0.4, -0.2) is 10.7 Å². The van der Waals surface area contributed by atoms with Crippen LogP contribution in [-0.2, 0) is 0 Å². The molecule has 0 aromatic carbocycles. The third-order valence-electron chi connectivity index (χ3n) is 2.86. The van der Waals surface area contributed by atoms with Gasteiger partial charge in [0.15, 0.2) is 0 Å². The molecule has 1 N–H and O–H groups in total. The lowest BCUT2D eigenvalue weighted by Crippen LogP contribution is -2.26. The zero-order valence-electron chi connectivity index (χ0n) is 8.27. The largest absolute Gasteiger partial charge is 0.386 e. The van der Waals surface area contributed by atoms with E-state index in [1.165, 1.54) is 18.4 Å². The highest BCUT2D eigenvalue weighted by atomic mass is 16.3. The smallest absolute Gasteiger partial charge is 0.0856 e. The van der Waals surface area contributed by atoms with Crippen molar-refractivity contribution in [3.63, 3.8) is 0 Å². The Hall–Kier alpha value is -0.300. The lowest BCUT2D eigenvalue weighted by molar-refractivity contribution is 0.0829. The van der Waals surface area contributed by atoms with Gasteiger partial charge in [-0.3, -0.25) is 0 Å². The van der Waals surface area contributed by atoms with Crippen molar-refractivity contribution in [1.82, 2.24) is 0 Å². The predicted octanol–water partition coefficient (Wildman–Crippen LogP) is 3.04. The fourth-order valence-electron chi connectivity index (χ4n) is 2.19. The second-order valence-corrected chi connectivity index (χ2v) is 3.73. The van der Waals surface area contributed by atoms with Crippen LogP contribution >= 0.6 is 0 Å². The minimum atomic E-state index is -0.426. The molecule has 0 radical (unpaired) electrons. The van der Waals surface area contributed by atoms with Crippen LogP contribution in [0.25, 0.3) is 0 Å². The van der Waals surface area contributed by atoms with Gasteiger partial charge in [-0.1, -0.05) is 32.8 Å². The SMILES string of the molecule is CC/C=C(\CC)C1(O)CCCC1. The molecule has 0 amide bonds. The second-order valence-electron chi connectivity index (χ2n) is 3.73. The maximum atomic E-state index is 10.2. The Kier molecular flexibility index (Phi) is 3.33. The summed E-state index contributed by atoms with van der Waals surface area (Å²) in [5.41, 5.74) is 0.840. The number of rotatable bonds is 3. The fraction of sp³-hybridized carbons (Fsp3) is 0.818. The summed E-state index contributed by atoms with van der Waals surface area (Å²) in [6, 6.07) is 0. The first-order chi connectivity index (χ1) is 5.73. The Morgan fingerprint density at radius 1 is 1.33 bits per heavy atom. The van der Waals surface area contributed by atoms with Crippen molar-refractivity contribution in [2.24, 2.45) is 0 Å². The summed E-state index contributed by atoms with van der Waals surface area (Å²) >= 11 is 0. The summed E-state index contributed by atoms with van der Waals surface area (Å²) in [7, 11) is 0. The molecule has 70 valence electrons. The quantitative estimate of drug-likeness (QED) is 0.642. The van der Waals surface area contributed by atoms with E-state index in [0.29, 0.717) is 0 Å². The van der Waals surface area contributed by atoms with E-state index in [4.69, 9.17) is 0 Å². The Labute approximate surface area is 75.5 Å². The van der Waals surface area contributed by atoms with Crippen molar-refractivity contribution in [1.29, 1.82) is 0 Å². The first-order valence-corrected chi connectivity index (χ1v) is 5.15. The molecule has 1 fully saturated rings. The molecule has 1 aliphatic rings. The van der Waals surface area contributed by atoms with E-state index in [1.54, 1.807) is 0 Å². The van der Waals surface area contributed by atoms with Crippen LogP contribution in [0, 0.1) is 0 Å². The van der Waals surface area contributed by atoms with Gasteiger partial charge < -0.3 is 5.11 Å². The van der Waals surface area contributed by atoms with Crippen molar-refractivity contribution >= 4 is 0 Å². The molecule has 1 rings (SSSR count). The van der Waals surface area contributed by atoms with Gasteiger partial charge >= 0.3 is 0 Å². The molecule has 0 atom stereocenters. The van der Waals surface area contributed by atoms with E-state index in [9.17, 15) is 5.11 Å². The zero-order chi connectivity index (χ0) is 9.03. The standard InChI is InChI=1S/C11H20O/c1-3-7-10(4-2)11(12)8-5-6-9-11/h7,12H,3-6,8-9H2,1-2H3/b10-7+. The molecular formula is C11H20O. The topological polar surface area (TPSA) is 20.2 Å². The zero-order valence-corrected chi connectivity index (χ0v) is 8.27. The Balaban J connectivity index is 2.69. The Morgan fingerprint density at radius 2 is 1.92 bits per heavy atom. The number of hydrogen-bond acceptors (Lipinski definition) is 1. The summed E-state index contributed by atoms with van der Waals surface area (Å²) in [4.78, 5) is 0. The molecule has 1 aliphatic carbocycles. The van der Waals surface area contributed by atoms with Crippen LogP contribution in [0.4, 0.5) is 0 Å². The average molecular weight is 168 g/mol. The molecule has 0 unspecified atom stereocenters. The monoisotopic (exact) mass is 168 g/mol. The van der Waals surface area contributed by atoms with Crippen molar-refractivity contribution in [2.45, 2.75) is 58.0 Å². The summed E-state index contributed by atoms with van der Waals surface area (Å²) in [6.45, 7) is 4.27. The molecule has 12 heavy (non-hydrogen) atoms. The van der Waals surface area contributed by atoms with Crippen LogP contribution in [0.15, 0.2) is 11.6 Å². The summed E-state index contributed by atoms with van der Waals surface area (Å²) in [6.07, 6.45) is 8.59. The molecule has 1 saturated carbocycles. The van der Waals surface area contributed by atoms with Gasteiger partial charge in [0.25, 0.3) is 0 Å². The van der Waals surface area contributed by atoms with Crippen LogP contribution in [0.3, 0.4) is 0 Å². The Bertz CT molecular complexity index is 164. The highest BCUT2D eigenvalue weighted by Gasteiger charge is 2.33. The molecule has 0 spiro atoms. The molecule has 1 nitrogen and oxygen atoms in total. The number of aliphatic hydroxyl groups is 1. The van der Waals surface area contributed by atoms with Gasteiger partial charge in [-0.2, -0.15) is 0 Å². The van der Waals surface area contributed by atoms with Gasteiger partial charge in [-0.05, 0) is 31.3 Å². The molecule has 0 heterocycles. The number of allylic oxidation sites excluding steroid dienone is 1. The number of hydrogen-bond donors (Lipinski definition) is 1. The van der Waals surface area contributed by atoms with E-state index in [-0.39, 0.29) is 0 Å². The van der Waals surface area contributed by atoms with E-state index < -0.39 is 5.60 Å². The van der Waals surface area contributed by atoms with Gasteiger partial charge in [-0.25, -0.2) is 0 Å². The molecule has 0 saturated heterocycles. The molecule has 0 bridgehead atoms. The maximum Gasteiger partial charge on any atom is 0.0856 e. The van der Waals surface area contributed by atoms with Crippen molar-refractivity contribution in [3.05, 3.63) is 11.6 Å². The first-order valence-electron chi connectivity index (χ1n) is 5.15. The average Bonchev–Trinajstić information content (AvgIpc) is 2.49. The fourth-order valence-corrected chi connectivity index (χ4v) is 2.19. The molecule has 0 aromatic rings. The molecule has 0 aromatic heterocycles. The van der Waals surface area contributed by atoms with Gasteiger partial charge in [0.1, 0.15) is 0 Å². The van der Waals surface area contributed by atoms with Crippen molar-refractivity contribution in [2.75, 3.05) is 0 Å². The van der Waals surface area contributed by atoms with Gasteiger partial charge in [0, 0.05) is 0 Å². The van der Waals surface area contributed by atoms with Crippen LogP contribution in [0.5, 0.6) is 0 Å². The normalized spacial score (nSPS) is 23.1. The highest BCUT2D eigenvalue weighted by molar-refractivity contribution is 5.17. The summed E-state index contributed by atoms with van der Waals surface area (Å²) in [5.74, 6) is 0. The molecular weight excluding hydrogens is 148 g/mol. The molecule has 0 aliphatic heterocycles. The second kappa shape index (κ2) is 4.08. The van der Waals surface area contributed by atoms with E-state index in [1.807, 2.05) is 0 Å². The van der Waals surface area contributed by atoms with Crippen molar-refractivity contribution < 1.29 is 5.11 Å². The lowest BCUT2D eigenvalue weighted by Gasteiger charge is -2.25. The Morgan fingerprint density at radius 3 is 2.33 bits per heavy atom. The third kappa shape index (κ3) is 1.89. The van der Waals surface area contributed by atoms with Gasteiger partial charge in [0.05, 0.1) is 5.60 Å².